The molecular formula is C48H31NO. The van der Waals surface area contributed by atoms with Gasteiger partial charge in [0.05, 0.1) is 5.52 Å². The SMILES string of the molecule is C1=Cc2c(n(-c3cccc(-c4ccc5c6ccccc6c6ccccc6c5c4)c3)c3ccc(-c4cccc5c4oc4ccccc45)cc23)CC1. The molecule has 234 valence electrons. The highest BCUT2D eigenvalue weighted by Gasteiger charge is 2.21. The number of nitrogens with zero attached hydrogens (tertiary/aromatic N) is 1. The Kier molecular flexibility index (Phi) is 5.82. The van der Waals surface area contributed by atoms with Gasteiger partial charge in [-0.25, -0.2) is 0 Å². The van der Waals surface area contributed by atoms with E-state index in [9.17, 15) is 0 Å². The van der Waals surface area contributed by atoms with Crippen LogP contribution in [0.5, 0.6) is 0 Å². The zero-order chi connectivity index (χ0) is 32.8. The van der Waals surface area contributed by atoms with Gasteiger partial charge in [0, 0.05) is 38.7 Å². The topological polar surface area (TPSA) is 18.1 Å². The summed E-state index contributed by atoms with van der Waals surface area (Å²) < 4.78 is 8.94. The van der Waals surface area contributed by atoms with Gasteiger partial charge in [0.2, 0.25) is 0 Å². The molecule has 50 heavy (non-hydrogen) atoms. The van der Waals surface area contributed by atoms with Crippen LogP contribution in [0.2, 0.25) is 0 Å². The van der Waals surface area contributed by atoms with Crippen LogP contribution in [-0.4, -0.2) is 4.57 Å². The van der Waals surface area contributed by atoms with Gasteiger partial charge in [0.1, 0.15) is 11.2 Å². The Hall–Kier alpha value is -6.38. The molecule has 1 aliphatic carbocycles. The molecule has 0 saturated carbocycles. The third kappa shape index (κ3) is 3.96. The number of rotatable bonds is 3. The second-order valence-corrected chi connectivity index (χ2v) is 13.6. The van der Waals surface area contributed by atoms with E-state index in [2.05, 4.69) is 162 Å². The maximum absolute atomic E-state index is 6.44. The van der Waals surface area contributed by atoms with Gasteiger partial charge in [0.15, 0.2) is 0 Å². The molecule has 0 atom stereocenters. The van der Waals surface area contributed by atoms with Crippen LogP contribution >= 0.6 is 0 Å². The summed E-state index contributed by atoms with van der Waals surface area (Å²) in [6, 6.07) is 55.4. The molecule has 2 heteroatoms. The Morgan fingerprint density at radius 3 is 1.92 bits per heavy atom. The molecule has 2 heterocycles. The van der Waals surface area contributed by atoms with Gasteiger partial charge < -0.3 is 8.98 Å². The van der Waals surface area contributed by atoms with Gasteiger partial charge in [-0.05, 0) is 98.2 Å². The number of allylic oxidation sites excluding steroid dienone is 1. The molecule has 0 fully saturated rings. The zero-order valence-corrected chi connectivity index (χ0v) is 27.4. The first-order chi connectivity index (χ1) is 24.8. The van der Waals surface area contributed by atoms with E-state index in [1.807, 2.05) is 6.07 Å². The Bertz CT molecular complexity index is 3010. The summed E-state index contributed by atoms with van der Waals surface area (Å²) in [6.07, 6.45) is 6.69. The minimum Gasteiger partial charge on any atom is -0.455 e. The standard InChI is InChI=1S/C48H31NO/c1-2-15-37-35(13-1)36-14-3-4-16-38(36)43-28-31(23-25-39(37)43)30-11-9-12-33(27-30)49-45-21-7-5-17-40(45)44-29-32(24-26-46(44)49)34-19-10-20-42-41-18-6-8-22-47(41)50-48(34)42/h1-6,8-20,22-29H,7,21H2. The number of aromatic nitrogens is 1. The maximum atomic E-state index is 6.44. The summed E-state index contributed by atoms with van der Waals surface area (Å²) in [5, 5.41) is 11.4. The summed E-state index contributed by atoms with van der Waals surface area (Å²) in [7, 11) is 0. The highest BCUT2D eigenvalue weighted by molar-refractivity contribution is 6.25. The van der Waals surface area contributed by atoms with Crippen LogP contribution in [0.15, 0.2) is 162 Å². The lowest BCUT2D eigenvalue weighted by atomic mass is 9.92. The molecule has 8 aromatic carbocycles. The predicted octanol–water partition coefficient (Wildman–Crippen LogP) is 13.3. The second kappa shape index (κ2) is 10.6. The van der Waals surface area contributed by atoms with E-state index in [-0.39, 0.29) is 0 Å². The van der Waals surface area contributed by atoms with Crippen molar-refractivity contribution in [3.8, 4) is 27.9 Å². The van der Waals surface area contributed by atoms with Crippen LogP contribution in [0.1, 0.15) is 17.7 Å². The molecule has 0 spiro atoms. The number of furan rings is 1. The fraction of sp³-hybridized carbons (Fsp3) is 0.0417. The van der Waals surface area contributed by atoms with E-state index in [0.29, 0.717) is 0 Å². The van der Waals surface area contributed by atoms with Crippen LogP contribution < -0.4 is 0 Å². The highest BCUT2D eigenvalue weighted by atomic mass is 16.3. The fourth-order valence-corrected chi connectivity index (χ4v) is 8.57. The first-order valence-corrected chi connectivity index (χ1v) is 17.5. The molecule has 0 amide bonds. The smallest absolute Gasteiger partial charge is 0.143 e. The average Bonchev–Trinajstić information content (AvgIpc) is 3.73. The summed E-state index contributed by atoms with van der Waals surface area (Å²) in [4.78, 5) is 0. The van der Waals surface area contributed by atoms with Gasteiger partial charge in [-0.1, -0.05) is 127 Å². The molecule has 1 aliphatic rings. The Morgan fingerprint density at radius 1 is 0.460 bits per heavy atom. The second-order valence-electron chi connectivity index (χ2n) is 13.6. The number of fused-ring (bicyclic) bond motifs is 12. The Balaban J connectivity index is 1.08. The van der Waals surface area contributed by atoms with Gasteiger partial charge in [-0.15, -0.1) is 0 Å². The lowest BCUT2D eigenvalue weighted by Gasteiger charge is -2.15. The van der Waals surface area contributed by atoms with Crippen molar-refractivity contribution < 1.29 is 4.42 Å². The molecule has 2 aromatic heterocycles. The van der Waals surface area contributed by atoms with E-state index in [1.165, 1.54) is 76.9 Å². The minimum atomic E-state index is 0.926. The van der Waals surface area contributed by atoms with Crippen molar-refractivity contribution in [2.75, 3.05) is 0 Å². The van der Waals surface area contributed by atoms with Crippen molar-refractivity contribution in [1.82, 2.24) is 4.57 Å². The first kappa shape index (κ1) is 27.6. The van der Waals surface area contributed by atoms with Crippen molar-refractivity contribution in [2.24, 2.45) is 0 Å². The fourth-order valence-electron chi connectivity index (χ4n) is 8.57. The van der Waals surface area contributed by atoms with E-state index in [0.717, 1.165) is 40.3 Å². The van der Waals surface area contributed by atoms with Crippen LogP contribution in [0, 0.1) is 0 Å². The summed E-state index contributed by atoms with van der Waals surface area (Å²) in [5.41, 5.74) is 11.7. The number of para-hydroxylation sites is 2. The third-order valence-corrected chi connectivity index (χ3v) is 10.8. The molecule has 0 aliphatic heterocycles. The number of hydrogen-bond donors (Lipinski definition) is 0. The van der Waals surface area contributed by atoms with Crippen molar-refractivity contribution in [3.63, 3.8) is 0 Å². The van der Waals surface area contributed by atoms with Crippen molar-refractivity contribution in [2.45, 2.75) is 12.8 Å². The van der Waals surface area contributed by atoms with Crippen LogP contribution in [0.4, 0.5) is 0 Å². The van der Waals surface area contributed by atoms with Gasteiger partial charge >= 0.3 is 0 Å². The van der Waals surface area contributed by atoms with Gasteiger partial charge in [-0.2, -0.15) is 0 Å². The van der Waals surface area contributed by atoms with Gasteiger partial charge in [-0.3, -0.25) is 0 Å². The van der Waals surface area contributed by atoms with Crippen molar-refractivity contribution in [3.05, 3.63) is 169 Å². The molecular weight excluding hydrogens is 607 g/mol. The molecule has 10 aromatic rings. The normalized spacial score (nSPS) is 13.0. The largest absolute Gasteiger partial charge is 0.455 e. The molecule has 0 N–H and O–H groups in total. The van der Waals surface area contributed by atoms with E-state index >= 15 is 0 Å². The molecule has 11 rings (SSSR count). The van der Waals surface area contributed by atoms with E-state index < -0.39 is 0 Å². The maximum Gasteiger partial charge on any atom is 0.143 e. The molecule has 0 bridgehead atoms. The lowest BCUT2D eigenvalue weighted by molar-refractivity contribution is 0.670. The molecule has 0 saturated heterocycles. The summed E-state index contributed by atoms with van der Waals surface area (Å²) >= 11 is 0. The quantitative estimate of drug-likeness (QED) is 0.176. The van der Waals surface area contributed by atoms with Crippen LogP contribution in [0.3, 0.4) is 0 Å². The van der Waals surface area contributed by atoms with Crippen LogP contribution in [-0.2, 0) is 6.42 Å². The zero-order valence-electron chi connectivity index (χ0n) is 27.4. The summed E-state index contributed by atoms with van der Waals surface area (Å²) in [5.74, 6) is 0. The third-order valence-electron chi connectivity index (χ3n) is 10.8. The predicted molar refractivity (Wildman–Crippen MR) is 211 cm³/mol. The Morgan fingerprint density at radius 2 is 1.10 bits per heavy atom. The van der Waals surface area contributed by atoms with Crippen molar-refractivity contribution in [1.29, 1.82) is 0 Å². The highest BCUT2D eigenvalue weighted by Crippen LogP contribution is 2.41. The monoisotopic (exact) mass is 637 g/mol. The minimum absolute atomic E-state index is 0.926. The molecule has 2 nitrogen and oxygen atoms in total. The lowest BCUT2D eigenvalue weighted by Crippen LogP contribution is -2.03. The van der Waals surface area contributed by atoms with Crippen molar-refractivity contribution >= 4 is 71.2 Å². The van der Waals surface area contributed by atoms with Crippen LogP contribution in [0.25, 0.3) is 99.2 Å². The number of benzene rings is 8. The van der Waals surface area contributed by atoms with Gasteiger partial charge in [0.25, 0.3) is 0 Å². The first-order valence-electron chi connectivity index (χ1n) is 17.5. The van der Waals surface area contributed by atoms with E-state index in [1.54, 1.807) is 0 Å². The number of hydrogen-bond acceptors (Lipinski definition) is 1. The summed E-state index contributed by atoms with van der Waals surface area (Å²) in [6.45, 7) is 0. The Labute approximate surface area is 289 Å². The van der Waals surface area contributed by atoms with E-state index in [4.69, 9.17) is 4.42 Å². The average molecular weight is 638 g/mol. The molecule has 0 unspecified atom stereocenters. The molecule has 0 radical (unpaired) electrons.